The molecule has 0 aliphatic heterocycles. The Kier molecular flexibility index (Phi) is 4.84. The molecule has 0 aliphatic carbocycles. The van der Waals surface area contributed by atoms with Crippen LogP contribution >= 0.6 is 11.6 Å². The highest BCUT2D eigenvalue weighted by Crippen LogP contribution is 2.36. The van der Waals surface area contributed by atoms with E-state index in [9.17, 15) is 22.8 Å². The molecule has 1 aromatic heterocycles. The van der Waals surface area contributed by atoms with Gasteiger partial charge in [-0.3, -0.25) is 9.59 Å². The summed E-state index contributed by atoms with van der Waals surface area (Å²) in [4.78, 5) is 24.6. The first-order valence-electron chi connectivity index (χ1n) is 7.49. The first kappa shape index (κ1) is 18.8. The van der Waals surface area contributed by atoms with Crippen LogP contribution in [0.2, 0.25) is 5.02 Å². The number of rotatable bonds is 3. The number of benzene rings is 2. The Morgan fingerprint density at radius 2 is 1.93 bits per heavy atom. The van der Waals surface area contributed by atoms with E-state index in [2.05, 4.69) is 5.32 Å². The van der Waals surface area contributed by atoms with Crippen molar-refractivity contribution < 1.29 is 27.1 Å². The molecule has 0 bridgehead atoms. The van der Waals surface area contributed by atoms with Gasteiger partial charge in [0, 0.05) is 11.8 Å². The molecule has 27 heavy (non-hydrogen) atoms. The number of ether oxygens (including phenoxy) is 1. The smallest absolute Gasteiger partial charge is 0.417 e. The van der Waals surface area contributed by atoms with Crippen molar-refractivity contribution >= 4 is 34.2 Å². The van der Waals surface area contributed by atoms with Gasteiger partial charge in [-0.1, -0.05) is 17.7 Å². The van der Waals surface area contributed by atoms with Gasteiger partial charge in [0.2, 0.25) is 0 Å². The highest BCUT2D eigenvalue weighted by Gasteiger charge is 2.33. The average Bonchev–Trinajstić information content (AvgIpc) is 2.61. The lowest BCUT2D eigenvalue weighted by Crippen LogP contribution is -2.16. The maximum Gasteiger partial charge on any atom is 0.417 e. The fraction of sp³-hybridized carbons (Fsp3) is 0.111. The molecule has 2 aromatic carbocycles. The summed E-state index contributed by atoms with van der Waals surface area (Å²) in [5.41, 5.74) is -1.65. The van der Waals surface area contributed by atoms with Crippen molar-refractivity contribution in [3.05, 3.63) is 69.0 Å². The van der Waals surface area contributed by atoms with Crippen LogP contribution in [0, 0.1) is 0 Å². The predicted octanol–water partition coefficient (Wildman–Crippen LogP) is 4.73. The van der Waals surface area contributed by atoms with Crippen LogP contribution in [0.1, 0.15) is 16.1 Å². The lowest BCUT2D eigenvalue weighted by atomic mass is 10.1. The third-order valence-corrected chi connectivity index (χ3v) is 4.02. The van der Waals surface area contributed by atoms with Crippen LogP contribution in [0.3, 0.4) is 0 Å². The number of carbonyl (C=O) groups excluding carboxylic acids is 1. The van der Waals surface area contributed by atoms with E-state index in [4.69, 9.17) is 20.8 Å². The zero-order valence-electron chi connectivity index (χ0n) is 13.7. The van der Waals surface area contributed by atoms with E-state index in [0.29, 0.717) is 6.07 Å². The Morgan fingerprint density at radius 3 is 2.59 bits per heavy atom. The quantitative estimate of drug-likeness (QED) is 0.694. The average molecular weight is 398 g/mol. The number of amides is 1. The van der Waals surface area contributed by atoms with Crippen molar-refractivity contribution in [2.24, 2.45) is 0 Å². The largest absolute Gasteiger partial charge is 0.496 e. The highest BCUT2D eigenvalue weighted by atomic mass is 35.5. The summed E-state index contributed by atoms with van der Waals surface area (Å²) < 4.78 is 49.2. The number of alkyl halides is 3. The number of fused-ring (bicyclic) bond motifs is 1. The molecule has 0 atom stereocenters. The highest BCUT2D eigenvalue weighted by molar-refractivity contribution is 6.31. The van der Waals surface area contributed by atoms with Gasteiger partial charge in [0.1, 0.15) is 16.7 Å². The second-order valence-electron chi connectivity index (χ2n) is 5.45. The zero-order chi connectivity index (χ0) is 19.8. The maximum atomic E-state index is 12.9. The lowest BCUT2D eigenvalue weighted by Gasteiger charge is -2.12. The molecular formula is C18H11ClF3NO4. The van der Waals surface area contributed by atoms with Crippen LogP contribution in [0.15, 0.2) is 51.7 Å². The van der Waals surface area contributed by atoms with Gasteiger partial charge in [0.25, 0.3) is 5.91 Å². The van der Waals surface area contributed by atoms with E-state index < -0.39 is 28.1 Å². The topological polar surface area (TPSA) is 68.5 Å². The molecule has 0 saturated carbocycles. The minimum absolute atomic E-state index is 0.110. The Morgan fingerprint density at radius 1 is 1.19 bits per heavy atom. The fourth-order valence-electron chi connectivity index (χ4n) is 2.47. The van der Waals surface area contributed by atoms with Gasteiger partial charge >= 0.3 is 6.18 Å². The van der Waals surface area contributed by atoms with Gasteiger partial charge < -0.3 is 14.5 Å². The van der Waals surface area contributed by atoms with E-state index in [1.54, 1.807) is 12.1 Å². The molecule has 1 N–H and O–H groups in total. The number of nitrogens with one attached hydrogen (secondary N) is 1. The molecule has 1 amide bonds. The van der Waals surface area contributed by atoms with Gasteiger partial charge in [-0.25, -0.2) is 0 Å². The summed E-state index contributed by atoms with van der Waals surface area (Å²) in [6.45, 7) is 0. The minimum atomic E-state index is -4.68. The lowest BCUT2D eigenvalue weighted by molar-refractivity contribution is -0.137. The molecule has 0 fully saturated rings. The van der Waals surface area contributed by atoms with Crippen LogP contribution in [-0.2, 0) is 6.18 Å². The maximum absolute atomic E-state index is 12.9. The number of hydrogen-bond acceptors (Lipinski definition) is 4. The van der Waals surface area contributed by atoms with Crippen LogP contribution in [-0.4, -0.2) is 13.0 Å². The number of anilines is 1. The number of hydrogen-bond donors (Lipinski definition) is 1. The van der Waals surface area contributed by atoms with Gasteiger partial charge in [-0.2, -0.15) is 13.2 Å². The molecule has 9 heteroatoms. The molecule has 3 aromatic rings. The van der Waals surface area contributed by atoms with Crippen molar-refractivity contribution in [3.8, 4) is 5.75 Å². The van der Waals surface area contributed by atoms with E-state index in [1.165, 1.54) is 19.2 Å². The van der Waals surface area contributed by atoms with E-state index in [0.717, 1.165) is 12.1 Å². The Bertz CT molecular complexity index is 1090. The molecule has 0 spiro atoms. The molecule has 0 aliphatic rings. The summed E-state index contributed by atoms with van der Waals surface area (Å²) in [5.74, 6) is -0.961. The molecule has 5 nitrogen and oxygen atoms in total. The molecule has 3 rings (SSSR count). The third kappa shape index (κ3) is 3.75. The second-order valence-corrected chi connectivity index (χ2v) is 5.86. The van der Waals surface area contributed by atoms with Crippen LogP contribution < -0.4 is 15.5 Å². The molecule has 0 saturated heterocycles. The van der Waals surface area contributed by atoms with Crippen molar-refractivity contribution in [2.75, 3.05) is 12.4 Å². The van der Waals surface area contributed by atoms with Gasteiger partial charge in [-0.05, 0) is 30.3 Å². The van der Waals surface area contributed by atoms with Gasteiger partial charge in [-0.15, -0.1) is 0 Å². The number of halogens is 4. The Balaban J connectivity index is 1.97. The molecule has 0 radical (unpaired) electrons. The standard InChI is InChI=1S/C18H11ClF3NO4/c1-26-13-3-2-4-14-16(13)12(24)8-15(27-14)17(25)23-9-5-6-11(19)10(7-9)18(20,21)22/h2-8H,1H3,(H,23,25). The zero-order valence-corrected chi connectivity index (χ0v) is 14.4. The summed E-state index contributed by atoms with van der Waals surface area (Å²) in [7, 11) is 1.38. The van der Waals surface area contributed by atoms with E-state index in [1.807, 2.05) is 0 Å². The first-order valence-corrected chi connectivity index (χ1v) is 7.87. The monoisotopic (exact) mass is 397 g/mol. The van der Waals surface area contributed by atoms with Crippen LogP contribution in [0.25, 0.3) is 11.0 Å². The van der Waals surface area contributed by atoms with E-state index in [-0.39, 0.29) is 28.2 Å². The third-order valence-electron chi connectivity index (χ3n) is 3.69. The summed E-state index contributed by atoms with van der Waals surface area (Å²) in [5, 5.41) is 1.92. The van der Waals surface area contributed by atoms with Crippen molar-refractivity contribution in [1.29, 1.82) is 0 Å². The van der Waals surface area contributed by atoms with Gasteiger partial charge in [0.15, 0.2) is 11.2 Å². The predicted molar refractivity (Wildman–Crippen MR) is 93.4 cm³/mol. The van der Waals surface area contributed by atoms with Crippen LogP contribution in [0.5, 0.6) is 5.75 Å². The molecular weight excluding hydrogens is 387 g/mol. The summed E-state index contributed by atoms with van der Waals surface area (Å²) in [6, 6.07) is 8.47. The summed E-state index contributed by atoms with van der Waals surface area (Å²) >= 11 is 5.54. The summed E-state index contributed by atoms with van der Waals surface area (Å²) in [6.07, 6.45) is -4.68. The molecule has 0 unspecified atom stereocenters. The van der Waals surface area contributed by atoms with Gasteiger partial charge in [0.05, 0.1) is 17.7 Å². The fourth-order valence-corrected chi connectivity index (χ4v) is 2.70. The normalized spacial score (nSPS) is 11.4. The molecule has 1 heterocycles. The first-order chi connectivity index (χ1) is 12.7. The minimum Gasteiger partial charge on any atom is -0.496 e. The van der Waals surface area contributed by atoms with Crippen molar-refractivity contribution in [3.63, 3.8) is 0 Å². The van der Waals surface area contributed by atoms with Crippen molar-refractivity contribution in [2.45, 2.75) is 6.18 Å². The number of carbonyl (C=O) groups is 1. The SMILES string of the molecule is COc1cccc2oc(C(=O)Nc3ccc(Cl)c(C(F)(F)F)c3)cc(=O)c12. The van der Waals surface area contributed by atoms with E-state index >= 15 is 0 Å². The Labute approximate surface area is 155 Å². The molecule has 140 valence electrons. The second kappa shape index (κ2) is 6.96. The number of methoxy groups -OCH3 is 1. The van der Waals surface area contributed by atoms with Crippen molar-refractivity contribution in [1.82, 2.24) is 0 Å². The Hall–Kier alpha value is -3.00. The van der Waals surface area contributed by atoms with Crippen LogP contribution in [0.4, 0.5) is 18.9 Å².